The van der Waals surface area contributed by atoms with Crippen LogP contribution in [0.15, 0.2) is 83.3 Å². The van der Waals surface area contributed by atoms with E-state index in [1.165, 1.54) is 5.56 Å². The molecule has 1 amide bonds. The monoisotopic (exact) mass is 486 g/mol. The van der Waals surface area contributed by atoms with Gasteiger partial charge in [0.05, 0.1) is 10.7 Å². The molecular formula is C28H27ClN4O2. The number of hydrogen-bond donors (Lipinski definition) is 0. The average Bonchev–Trinajstić information content (AvgIpc) is 3.52. The van der Waals surface area contributed by atoms with Crippen LogP contribution in [0.3, 0.4) is 0 Å². The molecule has 1 aliphatic heterocycles. The standard InChI is InChI=1S/C28H27ClN4O2/c1-21-13-14-27(35-21)24-20-26(33(30-24)25-12-6-5-11-23(25)29)28(34)32-18-16-31(17-19-32)15-7-10-22-8-3-2-4-9-22/h2-14,20H,15-19H2,1H3. The molecule has 3 heterocycles. The van der Waals surface area contributed by atoms with Crippen LogP contribution in [0.25, 0.3) is 23.2 Å². The molecule has 4 aromatic rings. The van der Waals surface area contributed by atoms with Crippen LogP contribution in [0.5, 0.6) is 0 Å². The fraction of sp³-hybridized carbons (Fsp3) is 0.214. The maximum Gasteiger partial charge on any atom is 0.272 e. The lowest BCUT2D eigenvalue weighted by Crippen LogP contribution is -2.49. The summed E-state index contributed by atoms with van der Waals surface area (Å²) in [5.41, 5.74) is 2.93. The first kappa shape index (κ1) is 23.1. The van der Waals surface area contributed by atoms with E-state index in [4.69, 9.17) is 21.1 Å². The van der Waals surface area contributed by atoms with Gasteiger partial charge in [0.15, 0.2) is 5.76 Å². The summed E-state index contributed by atoms with van der Waals surface area (Å²) < 4.78 is 7.40. The first-order valence-corrected chi connectivity index (χ1v) is 12.1. The van der Waals surface area contributed by atoms with Crippen LogP contribution in [0, 0.1) is 6.92 Å². The Bertz CT molecular complexity index is 1330. The molecule has 6 nitrogen and oxygen atoms in total. The van der Waals surface area contributed by atoms with Gasteiger partial charge in [-0.2, -0.15) is 5.10 Å². The fourth-order valence-electron chi connectivity index (χ4n) is 4.23. The highest BCUT2D eigenvalue weighted by Gasteiger charge is 2.27. The third-order valence-electron chi connectivity index (χ3n) is 6.13. The summed E-state index contributed by atoms with van der Waals surface area (Å²) in [5.74, 6) is 1.35. The Balaban J connectivity index is 1.32. The molecule has 35 heavy (non-hydrogen) atoms. The second kappa shape index (κ2) is 10.3. The topological polar surface area (TPSA) is 54.5 Å². The number of carbonyl (C=O) groups excluding carboxylic acids is 1. The molecule has 1 saturated heterocycles. The van der Waals surface area contributed by atoms with Gasteiger partial charge < -0.3 is 9.32 Å². The lowest BCUT2D eigenvalue weighted by atomic mass is 10.2. The SMILES string of the molecule is Cc1ccc(-c2cc(C(=O)N3CCN(CC=Cc4ccccc4)CC3)n(-c3ccccc3Cl)n2)o1. The predicted octanol–water partition coefficient (Wildman–Crippen LogP) is 5.57. The minimum Gasteiger partial charge on any atom is -0.460 e. The Morgan fingerprint density at radius 3 is 2.46 bits per heavy atom. The Labute approximate surface area is 210 Å². The van der Waals surface area contributed by atoms with E-state index in [1.807, 2.05) is 60.4 Å². The Hall–Kier alpha value is -3.61. The van der Waals surface area contributed by atoms with Crippen LogP contribution >= 0.6 is 11.6 Å². The van der Waals surface area contributed by atoms with E-state index in [0.29, 0.717) is 40.9 Å². The number of rotatable bonds is 6. The van der Waals surface area contributed by atoms with Gasteiger partial charge in [0.2, 0.25) is 0 Å². The minimum atomic E-state index is -0.0635. The minimum absolute atomic E-state index is 0.0635. The Morgan fingerprint density at radius 2 is 1.74 bits per heavy atom. The molecule has 0 spiro atoms. The van der Waals surface area contributed by atoms with Gasteiger partial charge in [-0.3, -0.25) is 9.69 Å². The summed E-state index contributed by atoms with van der Waals surface area (Å²) in [5, 5.41) is 5.23. The van der Waals surface area contributed by atoms with Crippen molar-refractivity contribution in [1.29, 1.82) is 0 Å². The summed E-state index contributed by atoms with van der Waals surface area (Å²) in [7, 11) is 0. The van der Waals surface area contributed by atoms with Crippen LogP contribution in [-0.4, -0.2) is 58.2 Å². The van der Waals surface area contributed by atoms with Crippen LogP contribution in [0.4, 0.5) is 0 Å². The van der Waals surface area contributed by atoms with Crippen LogP contribution < -0.4 is 0 Å². The second-order valence-corrected chi connectivity index (χ2v) is 9.00. The van der Waals surface area contributed by atoms with E-state index in [-0.39, 0.29) is 5.91 Å². The summed E-state index contributed by atoms with van der Waals surface area (Å²) in [4.78, 5) is 17.9. The first-order chi connectivity index (χ1) is 17.1. The summed E-state index contributed by atoms with van der Waals surface area (Å²) in [6, 6.07) is 23.2. The van der Waals surface area contributed by atoms with E-state index < -0.39 is 0 Å². The number of aryl methyl sites for hydroxylation is 1. The third-order valence-corrected chi connectivity index (χ3v) is 6.45. The molecule has 1 aliphatic rings. The highest BCUT2D eigenvalue weighted by atomic mass is 35.5. The molecule has 0 atom stereocenters. The number of carbonyl (C=O) groups is 1. The van der Waals surface area contributed by atoms with Crippen molar-refractivity contribution in [2.45, 2.75) is 6.92 Å². The van der Waals surface area contributed by atoms with Gasteiger partial charge in [-0.05, 0) is 36.8 Å². The van der Waals surface area contributed by atoms with Crippen molar-refractivity contribution in [2.75, 3.05) is 32.7 Å². The van der Waals surface area contributed by atoms with Crippen molar-refractivity contribution in [3.8, 4) is 17.1 Å². The second-order valence-electron chi connectivity index (χ2n) is 8.59. The maximum atomic E-state index is 13.6. The Kier molecular flexibility index (Phi) is 6.84. The summed E-state index contributed by atoms with van der Waals surface area (Å²) in [6.45, 7) is 5.68. The summed E-state index contributed by atoms with van der Waals surface area (Å²) >= 11 is 6.47. The zero-order chi connectivity index (χ0) is 24.2. The lowest BCUT2D eigenvalue weighted by molar-refractivity contribution is 0.0641. The zero-order valence-corrected chi connectivity index (χ0v) is 20.4. The lowest BCUT2D eigenvalue weighted by Gasteiger charge is -2.34. The predicted molar refractivity (Wildman–Crippen MR) is 139 cm³/mol. The van der Waals surface area contributed by atoms with Crippen LogP contribution in [-0.2, 0) is 0 Å². The normalized spacial score (nSPS) is 14.6. The molecule has 2 aromatic carbocycles. The third kappa shape index (κ3) is 5.24. The van der Waals surface area contributed by atoms with Gasteiger partial charge >= 0.3 is 0 Å². The molecule has 5 rings (SSSR count). The molecule has 0 aliphatic carbocycles. The molecule has 0 saturated carbocycles. The molecule has 0 unspecified atom stereocenters. The molecule has 0 N–H and O–H groups in total. The van der Waals surface area contributed by atoms with Gasteiger partial charge in [-0.15, -0.1) is 0 Å². The molecular weight excluding hydrogens is 460 g/mol. The van der Waals surface area contributed by atoms with Crippen LogP contribution in [0.2, 0.25) is 5.02 Å². The van der Waals surface area contributed by atoms with E-state index in [2.05, 4.69) is 29.2 Å². The van der Waals surface area contributed by atoms with Crippen molar-refractivity contribution in [1.82, 2.24) is 19.6 Å². The highest BCUT2D eigenvalue weighted by Crippen LogP contribution is 2.27. The number of furan rings is 1. The zero-order valence-electron chi connectivity index (χ0n) is 19.6. The van der Waals surface area contributed by atoms with Gasteiger partial charge in [-0.25, -0.2) is 4.68 Å². The molecule has 0 radical (unpaired) electrons. The van der Waals surface area contributed by atoms with E-state index in [0.717, 1.165) is 25.4 Å². The van der Waals surface area contributed by atoms with Crippen molar-refractivity contribution < 1.29 is 9.21 Å². The van der Waals surface area contributed by atoms with Gasteiger partial charge in [0, 0.05) is 38.8 Å². The first-order valence-electron chi connectivity index (χ1n) is 11.7. The quantitative estimate of drug-likeness (QED) is 0.358. The van der Waals surface area contributed by atoms with Crippen molar-refractivity contribution in [3.63, 3.8) is 0 Å². The van der Waals surface area contributed by atoms with Gasteiger partial charge in [0.1, 0.15) is 17.1 Å². The van der Waals surface area contributed by atoms with Crippen molar-refractivity contribution in [3.05, 3.63) is 101 Å². The van der Waals surface area contributed by atoms with Crippen molar-refractivity contribution in [2.24, 2.45) is 0 Å². The van der Waals surface area contributed by atoms with Gasteiger partial charge in [-0.1, -0.05) is 66.2 Å². The molecule has 2 aromatic heterocycles. The average molecular weight is 487 g/mol. The van der Waals surface area contributed by atoms with E-state index in [9.17, 15) is 4.79 Å². The van der Waals surface area contributed by atoms with Crippen molar-refractivity contribution >= 4 is 23.6 Å². The van der Waals surface area contributed by atoms with E-state index in [1.54, 1.807) is 16.8 Å². The number of para-hydroxylation sites is 1. The molecule has 1 fully saturated rings. The smallest absolute Gasteiger partial charge is 0.272 e. The summed E-state index contributed by atoms with van der Waals surface area (Å²) in [6.07, 6.45) is 4.31. The maximum absolute atomic E-state index is 13.6. The number of benzene rings is 2. The highest BCUT2D eigenvalue weighted by molar-refractivity contribution is 6.32. The van der Waals surface area contributed by atoms with Crippen LogP contribution in [0.1, 0.15) is 21.8 Å². The van der Waals surface area contributed by atoms with E-state index >= 15 is 0 Å². The number of piperazine rings is 1. The van der Waals surface area contributed by atoms with Gasteiger partial charge in [0.25, 0.3) is 5.91 Å². The largest absolute Gasteiger partial charge is 0.460 e. The molecule has 7 heteroatoms. The molecule has 0 bridgehead atoms. The number of halogens is 1. The Morgan fingerprint density at radius 1 is 1.00 bits per heavy atom. The number of aromatic nitrogens is 2. The number of hydrogen-bond acceptors (Lipinski definition) is 4. The number of nitrogens with zero attached hydrogens (tertiary/aromatic N) is 4. The number of amides is 1. The fourth-order valence-corrected chi connectivity index (χ4v) is 4.45. The molecule has 178 valence electrons.